The lowest BCUT2D eigenvalue weighted by atomic mass is 9.88. The smallest absolute Gasteiger partial charge is 0.251 e. The fourth-order valence-corrected chi connectivity index (χ4v) is 1.53. The minimum absolute atomic E-state index is 0.0138. The number of carbonyl (C=O) groups is 1. The molecule has 20 heavy (non-hydrogen) atoms. The van der Waals surface area contributed by atoms with Gasteiger partial charge in [0.2, 0.25) is 0 Å². The number of hydrogen-bond acceptors (Lipinski definition) is 2. The highest BCUT2D eigenvalue weighted by atomic mass is 16.2. The maximum Gasteiger partial charge on any atom is 0.251 e. The number of benzene rings is 1. The first-order chi connectivity index (χ1) is 9.25. The molecule has 1 unspecified atom stereocenters. The molecule has 1 aromatic rings. The lowest BCUT2D eigenvalue weighted by Gasteiger charge is -2.28. The molecule has 0 aliphatic carbocycles. The van der Waals surface area contributed by atoms with E-state index in [1.807, 2.05) is 19.9 Å². The molecule has 0 aliphatic rings. The molecule has 1 rings (SSSR count). The highest BCUT2D eigenvalue weighted by Gasteiger charge is 2.22. The average Bonchev–Trinajstić information content (AvgIpc) is 2.36. The molecule has 0 spiro atoms. The second-order valence-corrected chi connectivity index (χ2v) is 6.05. The number of aliphatic hydroxyl groups is 1. The summed E-state index contributed by atoms with van der Waals surface area (Å²) in [6, 6.07) is 5.51. The summed E-state index contributed by atoms with van der Waals surface area (Å²) in [5.41, 5.74) is 2.37. The van der Waals surface area contributed by atoms with Crippen molar-refractivity contribution >= 4 is 5.91 Å². The Morgan fingerprint density at radius 2 is 2.05 bits per heavy atom. The Bertz CT molecular complexity index is 544. The number of nitrogens with one attached hydrogen (secondary N) is 1. The highest BCUT2D eigenvalue weighted by molar-refractivity contribution is 5.94. The van der Waals surface area contributed by atoms with Crippen LogP contribution in [0, 0.1) is 24.2 Å². The van der Waals surface area contributed by atoms with Gasteiger partial charge in [0, 0.05) is 17.2 Å². The van der Waals surface area contributed by atoms with Crippen molar-refractivity contribution in [2.24, 2.45) is 5.41 Å². The first-order valence-corrected chi connectivity index (χ1v) is 6.77. The standard InChI is InChI=1S/C17H23NO2/c1-12-8-9-15(11-14(12)7-6-10-19)16(20)18-13(2)17(3,4)5/h8-9,11,13,19H,10H2,1-5H3,(H,18,20). The van der Waals surface area contributed by atoms with Crippen LogP contribution in [0.5, 0.6) is 0 Å². The van der Waals surface area contributed by atoms with Crippen molar-refractivity contribution in [1.29, 1.82) is 0 Å². The van der Waals surface area contributed by atoms with Gasteiger partial charge in [0.25, 0.3) is 5.91 Å². The number of amides is 1. The number of rotatable bonds is 2. The normalized spacial score (nSPS) is 12.3. The molecule has 0 aromatic heterocycles. The summed E-state index contributed by atoms with van der Waals surface area (Å²) in [5, 5.41) is 11.8. The quantitative estimate of drug-likeness (QED) is 0.813. The van der Waals surface area contributed by atoms with Crippen LogP contribution in [-0.2, 0) is 0 Å². The van der Waals surface area contributed by atoms with E-state index in [-0.39, 0.29) is 24.0 Å². The van der Waals surface area contributed by atoms with Gasteiger partial charge < -0.3 is 10.4 Å². The monoisotopic (exact) mass is 273 g/mol. The fourth-order valence-electron chi connectivity index (χ4n) is 1.53. The van der Waals surface area contributed by atoms with Crippen LogP contribution in [0.4, 0.5) is 0 Å². The molecule has 0 fully saturated rings. The molecule has 0 aliphatic heterocycles. The maximum absolute atomic E-state index is 12.2. The van der Waals surface area contributed by atoms with Crippen molar-refractivity contribution < 1.29 is 9.90 Å². The van der Waals surface area contributed by atoms with Gasteiger partial charge >= 0.3 is 0 Å². The van der Waals surface area contributed by atoms with Crippen LogP contribution in [0.1, 0.15) is 49.2 Å². The summed E-state index contributed by atoms with van der Waals surface area (Å²) in [6.45, 7) is 10.0. The molecule has 3 nitrogen and oxygen atoms in total. The molecule has 0 saturated carbocycles. The van der Waals surface area contributed by atoms with E-state index in [0.717, 1.165) is 11.1 Å². The van der Waals surface area contributed by atoms with Crippen LogP contribution >= 0.6 is 0 Å². The Balaban J connectivity index is 2.95. The lowest BCUT2D eigenvalue weighted by molar-refractivity contribution is 0.0910. The zero-order chi connectivity index (χ0) is 15.3. The molecular weight excluding hydrogens is 250 g/mol. The van der Waals surface area contributed by atoms with Gasteiger partial charge in [0.1, 0.15) is 6.61 Å². The molecule has 2 N–H and O–H groups in total. The van der Waals surface area contributed by atoms with Gasteiger partial charge in [-0.1, -0.05) is 38.7 Å². The molecule has 0 saturated heterocycles. The number of carbonyl (C=O) groups excluding carboxylic acids is 1. The van der Waals surface area contributed by atoms with Gasteiger partial charge in [-0.05, 0) is 37.0 Å². The molecule has 0 radical (unpaired) electrons. The van der Waals surface area contributed by atoms with Crippen LogP contribution in [0.2, 0.25) is 0 Å². The third kappa shape index (κ3) is 4.40. The van der Waals surface area contributed by atoms with Gasteiger partial charge in [-0.3, -0.25) is 4.79 Å². The van der Waals surface area contributed by atoms with Crippen LogP contribution in [0.15, 0.2) is 18.2 Å². The van der Waals surface area contributed by atoms with E-state index in [1.165, 1.54) is 0 Å². The van der Waals surface area contributed by atoms with Crippen molar-refractivity contribution in [1.82, 2.24) is 5.32 Å². The van der Waals surface area contributed by atoms with Crippen molar-refractivity contribution in [3.05, 3.63) is 34.9 Å². The largest absolute Gasteiger partial charge is 0.384 e. The Kier molecular flexibility index (Phi) is 5.35. The second-order valence-electron chi connectivity index (χ2n) is 6.05. The summed E-state index contributed by atoms with van der Waals surface area (Å²) >= 11 is 0. The van der Waals surface area contributed by atoms with Crippen molar-refractivity contribution in [2.75, 3.05) is 6.61 Å². The summed E-state index contributed by atoms with van der Waals surface area (Å²) in [6.07, 6.45) is 0. The first kappa shape index (κ1) is 16.3. The van der Waals surface area contributed by atoms with Crippen LogP contribution in [0.3, 0.4) is 0 Å². The van der Waals surface area contributed by atoms with Gasteiger partial charge in [-0.2, -0.15) is 0 Å². The summed E-state index contributed by atoms with van der Waals surface area (Å²) in [7, 11) is 0. The predicted molar refractivity (Wildman–Crippen MR) is 81.5 cm³/mol. The number of aryl methyl sites for hydroxylation is 1. The van der Waals surface area contributed by atoms with Crippen LogP contribution in [0.25, 0.3) is 0 Å². The van der Waals surface area contributed by atoms with Crippen molar-refractivity contribution in [3.8, 4) is 11.8 Å². The van der Waals surface area contributed by atoms with Crippen LogP contribution < -0.4 is 5.32 Å². The molecule has 1 atom stereocenters. The zero-order valence-corrected chi connectivity index (χ0v) is 12.9. The van der Waals surface area contributed by atoms with Gasteiger partial charge in [-0.15, -0.1) is 0 Å². The van der Waals surface area contributed by atoms with Crippen molar-refractivity contribution in [3.63, 3.8) is 0 Å². The molecule has 1 aromatic carbocycles. The Morgan fingerprint density at radius 3 is 2.60 bits per heavy atom. The summed E-state index contributed by atoms with van der Waals surface area (Å²) in [5.74, 6) is 5.37. The van der Waals surface area contributed by atoms with E-state index >= 15 is 0 Å². The third-order valence-corrected chi connectivity index (χ3v) is 3.45. The second kappa shape index (κ2) is 6.58. The maximum atomic E-state index is 12.2. The highest BCUT2D eigenvalue weighted by Crippen LogP contribution is 2.19. The molecule has 3 heteroatoms. The number of hydrogen-bond donors (Lipinski definition) is 2. The lowest BCUT2D eigenvalue weighted by Crippen LogP contribution is -2.41. The van der Waals surface area contributed by atoms with E-state index in [1.54, 1.807) is 12.1 Å². The molecule has 0 bridgehead atoms. The molecular formula is C17H23NO2. The van der Waals surface area contributed by atoms with E-state index in [0.29, 0.717) is 5.56 Å². The van der Waals surface area contributed by atoms with Gasteiger partial charge in [0.05, 0.1) is 0 Å². The summed E-state index contributed by atoms with van der Waals surface area (Å²) < 4.78 is 0. The summed E-state index contributed by atoms with van der Waals surface area (Å²) in [4.78, 5) is 12.2. The first-order valence-electron chi connectivity index (χ1n) is 6.77. The Morgan fingerprint density at radius 1 is 1.40 bits per heavy atom. The van der Waals surface area contributed by atoms with Crippen LogP contribution in [-0.4, -0.2) is 23.7 Å². The SMILES string of the molecule is Cc1ccc(C(=O)NC(C)C(C)(C)C)cc1C#CCO. The Hall–Kier alpha value is -1.79. The van der Waals surface area contributed by atoms with E-state index in [9.17, 15) is 4.79 Å². The fraction of sp³-hybridized carbons (Fsp3) is 0.471. The minimum atomic E-state index is -0.184. The third-order valence-electron chi connectivity index (χ3n) is 3.45. The average molecular weight is 273 g/mol. The number of aliphatic hydroxyl groups excluding tert-OH is 1. The predicted octanol–water partition coefficient (Wildman–Crippen LogP) is 2.50. The zero-order valence-electron chi connectivity index (χ0n) is 12.9. The minimum Gasteiger partial charge on any atom is -0.384 e. The van der Waals surface area contributed by atoms with E-state index in [2.05, 4.69) is 37.9 Å². The topological polar surface area (TPSA) is 49.3 Å². The van der Waals surface area contributed by atoms with Crippen molar-refractivity contribution in [2.45, 2.75) is 40.7 Å². The molecule has 1 amide bonds. The van der Waals surface area contributed by atoms with Gasteiger partial charge in [-0.25, -0.2) is 0 Å². The Labute approximate surface area is 121 Å². The van der Waals surface area contributed by atoms with E-state index < -0.39 is 0 Å². The molecule has 0 heterocycles. The molecule has 108 valence electrons. The van der Waals surface area contributed by atoms with Gasteiger partial charge in [0.15, 0.2) is 0 Å². The van der Waals surface area contributed by atoms with E-state index in [4.69, 9.17) is 5.11 Å².